The Kier molecular flexibility index (Phi) is 6.62. The van der Waals surface area contributed by atoms with E-state index in [2.05, 4.69) is 16.8 Å². The number of thioether (sulfide) groups is 1. The summed E-state index contributed by atoms with van der Waals surface area (Å²) in [4.78, 5) is 19.4. The topological polar surface area (TPSA) is 36.0 Å². The molecule has 0 saturated carbocycles. The number of ether oxygens (including phenoxy) is 1. The van der Waals surface area contributed by atoms with Crippen molar-refractivity contribution in [3.63, 3.8) is 0 Å². The molecule has 3 fully saturated rings. The number of rotatable bonds is 6. The normalized spacial score (nSPS) is 29.6. The van der Waals surface area contributed by atoms with Crippen LogP contribution in [0.1, 0.15) is 25.7 Å². The molecule has 6 heteroatoms. The monoisotopic (exact) mass is 341 g/mol. The number of piperazine rings is 1. The van der Waals surface area contributed by atoms with Crippen molar-refractivity contribution in [2.75, 3.05) is 64.4 Å². The van der Waals surface area contributed by atoms with E-state index in [1.54, 1.807) is 0 Å². The van der Waals surface area contributed by atoms with E-state index in [1.165, 1.54) is 30.8 Å². The molecule has 3 aliphatic rings. The highest BCUT2D eigenvalue weighted by molar-refractivity contribution is 7.99. The fourth-order valence-corrected chi connectivity index (χ4v) is 4.99. The molecule has 3 rings (SSSR count). The van der Waals surface area contributed by atoms with Gasteiger partial charge in [0.05, 0.1) is 6.10 Å². The molecule has 5 nitrogen and oxygen atoms in total. The van der Waals surface area contributed by atoms with Crippen LogP contribution in [0.4, 0.5) is 0 Å². The smallest absolute Gasteiger partial charge is 0.223 e. The first-order valence-electron chi connectivity index (χ1n) is 9.12. The summed E-state index contributed by atoms with van der Waals surface area (Å²) in [6, 6.07) is 0.643. The van der Waals surface area contributed by atoms with Crippen LogP contribution in [-0.2, 0) is 9.53 Å². The Labute approximate surface area is 144 Å². The summed E-state index contributed by atoms with van der Waals surface area (Å²) in [6.07, 6.45) is 4.69. The highest BCUT2D eigenvalue weighted by atomic mass is 32.2. The van der Waals surface area contributed by atoms with Gasteiger partial charge in [-0.25, -0.2) is 0 Å². The van der Waals surface area contributed by atoms with Gasteiger partial charge in [0.2, 0.25) is 5.91 Å². The van der Waals surface area contributed by atoms with E-state index in [-0.39, 0.29) is 0 Å². The first-order valence-corrected chi connectivity index (χ1v) is 10.3. The predicted molar refractivity (Wildman–Crippen MR) is 95.0 cm³/mol. The number of nitrogens with zero attached hydrogens (tertiary/aromatic N) is 3. The van der Waals surface area contributed by atoms with Crippen LogP contribution >= 0.6 is 11.8 Å². The number of carbonyl (C=O) groups is 1. The Morgan fingerprint density at radius 2 is 2.09 bits per heavy atom. The minimum absolute atomic E-state index is 0.334. The SMILES string of the molecule is CN1CCN(C(=O)CCN(C[C@H]2CCCO2)[C@@H]2CCSC2)CC1. The number of likely N-dealkylation sites (N-methyl/N-ethyl adjacent to an activating group) is 1. The Morgan fingerprint density at radius 3 is 2.74 bits per heavy atom. The zero-order valence-electron chi connectivity index (χ0n) is 14.4. The van der Waals surface area contributed by atoms with Gasteiger partial charge in [0, 0.05) is 64.1 Å². The third-order valence-electron chi connectivity index (χ3n) is 5.35. The van der Waals surface area contributed by atoms with Gasteiger partial charge in [0.15, 0.2) is 0 Å². The van der Waals surface area contributed by atoms with Gasteiger partial charge >= 0.3 is 0 Å². The third-order valence-corrected chi connectivity index (χ3v) is 6.50. The van der Waals surface area contributed by atoms with E-state index in [9.17, 15) is 4.79 Å². The largest absolute Gasteiger partial charge is 0.377 e. The first kappa shape index (κ1) is 17.5. The molecule has 0 aromatic rings. The van der Waals surface area contributed by atoms with Crippen LogP contribution in [0.2, 0.25) is 0 Å². The molecule has 0 spiro atoms. The molecular weight excluding hydrogens is 310 g/mol. The summed E-state index contributed by atoms with van der Waals surface area (Å²) >= 11 is 2.05. The van der Waals surface area contributed by atoms with Gasteiger partial charge in [-0.15, -0.1) is 0 Å². The Hall–Kier alpha value is -0.300. The van der Waals surface area contributed by atoms with Crippen LogP contribution in [-0.4, -0.2) is 97.2 Å². The molecule has 0 aromatic heterocycles. The lowest BCUT2D eigenvalue weighted by molar-refractivity contribution is -0.133. The quantitative estimate of drug-likeness (QED) is 0.724. The summed E-state index contributed by atoms with van der Waals surface area (Å²) in [6.45, 7) is 6.62. The lowest BCUT2D eigenvalue weighted by Gasteiger charge is -2.34. The summed E-state index contributed by atoms with van der Waals surface area (Å²) in [5.41, 5.74) is 0. The molecule has 0 unspecified atom stereocenters. The fraction of sp³-hybridized carbons (Fsp3) is 0.941. The maximum Gasteiger partial charge on any atom is 0.223 e. The van der Waals surface area contributed by atoms with E-state index in [1.807, 2.05) is 16.7 Å². The molecule has 23 heavy (non-hydrogen) atoms. The van der Waals surface area contributed by atoms with Crippen LogP contribution in [0.15, 0.2) is 0 Å². The van der Waals surface area contributed by atoms with Gasteiger partial charge in [0.1, 0.15) is 0 Å². The molecular formula is C17H31N3O2S. The van der Waals surface area contributed by atoms with E-state index < -0.39 is 0 Å². The second-order valence-electron chi connectivity index (χ2n) is 7.08. The summed E-state index contributed by atoms with van der Waals surface area (Å²) in [5, 5.41) is 0. The summed E-state index contributed by atoms with van der Waals surface area (Å²) < 4.78 is 5.83. The second-order valence-corrected chi connectivity index (χ2v) is 8.23. The molecule has 0 aromatic carbocycles. The maximum absolute atomic E-state index is 12.5. The Bertz CT molecular complexity index is 376. The van der Waals surface area contributed by atoms with Crippen molar-refractivity contribution in [3.05, 3.63) is 0 Å². The van der Waals surface area contributed by atoms with Gasteiger partial charge in [-0.3, -0.25) is 9.69 Å². The molecule has 132 valence electrons. The van der Waals surface area contributed by atoms with Gasteiger partial charge in [-0.05, 0) is 32.1 Å². The van der Waals surface area contributed by atoms with Gasteiger partial charge in [0.25, 0.3) is 0 Å². The number of hydrogen-bond donors (Lipinski definition) is 0. The fourth-order valence-electron chi connectivity index (χ4n) is 3.74. The lowest BCUT2D eigenvalue weighted by atomic mass is 10.1. The minimum Gasteiger partial charge on any atom is -0.377 e. The average molecular weight is 342 g/mol. The average Bonchev–Trinajstić information content (AvgIpc) is 3.25. The molecule has 3 aliphatic heterocycles. The molecule has 3 saturated heterocycles. The van der Waals surface area contributed by atoms with Crippen molar-refractivity contribution in [2.45, 2.75) is 37.8 Å². The highest BCUT2D eigenvalue weighted by Crippen LogP contribution is 2.24. The maximum atomic E-state index is 12.5. The van der Waals surface area contributed by atoms with E-state index in [0.717, 1.165) is 45.9 Å². The van der Waals surface area contributed by atoms with Crippen LogP contribution in [0, 0.1) is 0 Å². The van der Waals surface area contributed by atoms with Crippen molar-refractivity contribution in [1.82, 2.24) is 14.7 Å². The van der Waals surface area contributed by atoms with Crippen molar-refractivity contribution < 1.29 is 9.53 Å². The summed E-state index contributed by atoms with van der Waals surface area (Å²) in [7, 11) is 2.13. The zero-order valence-corrected chi connectivity index (χ0v) is 15.2. The van der Waals surface area contributed by atoms with Crippen LogP contribution in [0.3, 0.4) is 0 Å². The van der Waals surface area contributed by atoms with Crippen LogP contribution < -0.4 is 0 Å². The van der Waals surface area contributed by atoms with Crippen molar-refractivity contribution in [3.8, 4) is 0 Å². The minimum atomic E-state index is 0.334. The number of carbonyl (C=O) groups excluding carboxylic acids is 1. The molecule has 0 N–H and O–H groups in total. The van der Waals surface area contributed by atoms with Gasteiger partial charge < -0.3 is 14.5 Å². The molecule has 1 amide bonds. The van der Waals surface area contributed by atoms with E-state index in [4.69, 9.17) is 4.74 Å². The molecule has 0 aliphatic carbocycles. The molecule has 0 radical (unpaired) electrons. The molecule has 3 heterocycles. The van der Waals surface area contributed by atoms with E-state index >= 15 is 0 Å². The number of hydrogen-bond acceptors (Lipinski definition) is 5. The van der Waals surface area contributed by atoms with E-state index in [0.29, 0.717) is 24.5 Å². The number of amides is 1. The van der Waals surface area contributed by atoms with Crippen molar-refractivity contribution in [2.24, 2.45) is 0 Å². The molecule has 2 atom stereocenters. The summed E-state index contributed by atoms with van der Waals surface area (Å²) in [5.74, 6) is 2.82. The molecule has 0 bridgehead atoms. The van der Waals surface area contributed by atoms with Crippen molar-refractivity contribution in [1.29, 1.82) is 0 Å². The lowest BCUT2D eigenvalue weighted by Crippen LogP contribution is -2.48. The van der Waals surface area contributed by atoms with Gasteiger partial charge in [-0.2, -0.15) is 11.8 Å². The van der Waals surface area contributed by atoms with Crippen LogP contribution in [0.5, 0.6) is 0 Å². The van der Waals surface area contributed by atoms with Crippen molar-refractivity contribution >= 4 is 17.7 Å². The standard InChI is InChI=1S/C17H31N3O2S/c1-18-7-9-19(10-8-18)17(21)4-6-20(15-5-12-23-14-15)13-16-3-2-11-22-16/h15-16H,2-14H2,1H3/t15-,16-/m1/s1. The highest BCUT2D eigenvalue weighted by Gasteiger charge is 2.28. The zero-order chi connectivity index (χ0) is 16.1. The van der Waals surface area contributed by atoms with Gasteiger partial charge in [-0.1, -0.05) is 0 Å². The predicted octanol–water partition coefficient (Wildman–Crippen LogP) is 1.14. The first-order chi connectivity index (χ1) is 11.2. The Morgan fingerprint density at radius 1 is 1.26 bits per heavy atom. The second kappa shape index (κ2) is 8.70. The Balaban J connectivity index is 1.47. The van der Waals surface area contributed by atoms with Crippen LogP contribution in [0.25, 0.3) is 0 Å². The third kappa shape index (κ3) is 5.08.